The molecule has 0 aromatic heterocycles. The van der Waals surface area contributed by atoms with Crippen LogP contribution in [0, 0.1) is 16.0 Å². The summed E-state index contributed by atoms with van der Waals surface area (Å²) in [6.45, 7) is -0.0792. The predicted molar refractivity (Wildman–Crippen MR) is 73.1 cm³/mol. The Bertz CT molecular complexity index is 536. The Morgan fingerprint density at radius 3 is 2.57 bits per heavy atom. The van der Waals surface area contributed by atoms with Crippen LogP contribution < -0.4 is 4.74 Å². The lowest BCUT2D eigenvalue weighted by molar-refractivity contribution is -0.386. The van der Waals surface area contributed by atoms with Crippen molar-refractivity contribution < 1.29 is 24.7 Å². The second kappa shape index (κ2) is 6.09. The Labute approximate surface area is 121 Å². The van der Waals surface area contributed by atoms with E-state index in [0.717, 1.165) is 0 Å². The van der Waals surface area contributed by atoms with Gasteiger partial charge in [0.1, 0.15) is 6.61 Å². The topological polar surface area (TPSA) is 110 Å². The van der Waals surface area contributed by atoms with Gasteiger partial charge in [0.15, 0.2) is 5.75 Å². The van der Waals surface area contributed by atoms with Crippen molar-refractivity contribution in [1.82, 2.24) is 0 Å². The molecule has 2 N–H and O–H groups in total. The van der Waals surface area contributed by atoms with Gasteiger partial charge in [-0.25, -0.2) is 0 Å². The molecular weight excluding hydrogens is 278 g/mol. The van der Waals surface area contributed by atoms with Crippen molar-refractivity contribution in [2.24, 2.45) is 5.92 Å². The number of carbonyl (C=O) groups is 1. The third-order valence-electron chi connectivity index (χ3n) is 3.82. The number of carboxylic acid groups (broad SMARTS) is 1. The molecule has 1 aromatic rings. The highest BCUT2D eigenvalue weighted by molar-refractivity contribution is 5.70. The lowest BCUT2D eigenvalue weighted by atomic mass is 9.79. The van der Waals surface area contributed by atoms with Crippen molar-refractivity contribution in [1.29, 1.82) is 0 Å². The smallest absolute Gasteiger partial charge is 0.310 e. The summed E-state index contributed by atoms with van der Waals surface area (Å²) in [5.41, 5.74) is -1.28. The summed E-state index contributed by atoms with van der Waals surface area (Å²) in [6.07, 6.45) is 1.38. The number of ether oxygens (including phenoxy) is 1. The zero-order chi connectivity index (χ0) is 15.5. The normalized spacial score (nSPS) is 25.3. The molecule has 2 rings (SSSR count). The van der Waals surface area contributed by atoms with E-state index in [1.165, 1.54) is 18.2 Å². The van der Waals surface area contributed by atoms with Gasteiger partial charge in [-0.1, -0.05) is 12.1 Å². The van der Waals surface area contributed by atoms with Crippen LogP contribution in [0.1, 0.15) is 25.7 Å². The fourth-order valence-electron chi connectivity index (χ4n) is 2.49. The van der Waals surface area contributed by atoms with Gasteiger partial charge in [-0.05, 0) is 31.7 Å². The van der Waals surface area contributed by atoms with E-state index in [0.29, 0.717) is 25.7 Å². The van der Waals surface area contributed by atoms with E-state index >= 15 is 0 Å². The largest absolute Gasteiger partial charge is 0.484 e. The molecule has 114 valence electrons. The van der Waals surface area contributed by atoms with Crippen LogP contribution in [0.3, 0.4) is 0 Å². The molecule has 1 aromatic carbocycles. The minimum absolute atomic E-state index is 0.0792. The monoisotopic (exact) mass is 295 g/mol. The van der Waals surface area contributed by atoms with Crippen molar-refractivity contribution in [2.45, 2.75) is 31.3 Å². The quantitative estimate of drug-likeness (QED) is 0.635. The average molecular weight is 295 g/mol. The Balaban J connectivity index is 1.97. The summed E-state index contributed by atoms with van der Waals surface area (Å²) in [5.74, 6) is -1.18. The minimum Gasteiger partial charge on any atom is -0.484 e. The summed E-state index contributed by atoms with van der Waals surface area (Å²) in [6, 6.07) is 5.97. The third kappa shape index (κ3) is 3.69. The van der Waals surface area contributed by atoms with Crippen LogP contribution in [0.5, 0.6) is 5.75 Å². The number of rotatable bonds is 5. The number of aliphatic hydroxyl groups is 1. The van der Waals surface area contributed by atoms with E-state index < -0.39 is 22.4 Å². The summed E-state index contributed by atoms with van der Waals surface area (Å²) in [4.78, 5) is 21.2. The molecule has 0 radical (unpaired) electrons. The van der Waals surface area contributed by atoms with Crippen molar-refractivity contribution >= 4 is 11.7 Å². The number of aliphatic carboxylic acids is 1. The number of benzene rings is 1. The molecule has 0 atom stereocenters. The summed E-state index contributed by atoms with van der Waals surface area (Å²) < 4.78 is 5.40. The Morgan fingerprint density at radius 2 is 2.00 bits per heavy atom. The lowest BCUT2D eigenvalue weighted by Crippen LogP contribution is -2.41. The van der Waals surface area contributed by atoms with Crippen LogP contribution in [-0.2, 0) is 4.79 Å². The standard InChI is InChI=1S/C14H17NO6/c16-13(17)10-5-7-14(18,8-6-10)9-21-12-4-2-1-3-11(12)15(19)20/h1-4,10,18H,5-9H2,(H,16,17). The zero-order valence-corrected chi connectivity index (χ0v) is 11.4. The molecule has 21 heavy (non-hydrogen) atoms. The zero-order valence-electron chi connectivity index (χ0n) is 11.4. The number of hydrogen-bond acceptors (Lipinski definition) is 5. The van der Waals surface area contributed by atoms with Gasteiger partial charge in [0, 0.05) is 6.07 Å². The number of nitrogens with zero attached hydrogens (tertiary/aromatic N) is 1. The molecule has 0 aliphatic heterocycles. The molecule has 0 spiro atoms. The van der Waals surface area contributed by atoms with E-state index in [4.69, 9.17) is 9.84 Å². The summed E-state index contributed by atoms with van der Waals surface area (Å²) in [5, 5.41) is 30.2. The van der Waals surface area contributed by atoms with E-state index in [1.807, 2.05) is 0 Å². The molecule has 7 heteroatoms. The van der Waals surface area contributed by atoms with Gasteiger partial charge in [-0.3, -0.25) is 14.9 Å². The molecule has 0 saturated heterocycles. The molecule has 0 unspecified atom stereocenters. The first-order chi connectivity index (χ1) is 9.91. The summed E-state index contributed by atoms with van der Waals surface area (Å²) in [7, 11) is 0. The number of nitro benzene ring substituents is 1. The van der Waals surface area contributed by atoms with Gasteiger partial charge in [0.2, 0.25) is 0 Å². The van der Waals surface area contributed by atoms with Gasteiger partial charge in [0.25, 0.3) is 0 Å². The van der Waals surface area contributed by atoms with Crippen LogP contribution >= 0.6 is 0 Å². The Kier molecular flexibility index (Phi) is 4.42. The molecule has 7 nitrogen and oxygen atoms in total. The van der Waals surface area contributed by atoms with Gasteiger partial charge in [-0.15, -0.1) is 0 Å². The number of hydrogen-bond donors (Lipinski definition) is 2. The molecule has 1 aliphatic rings. The lowest BCUT2D eigenvalue weighted by Gasteiger charge is -2.34. The van der Waals surface area contributed by atoms with Crippen molar-refractivity contribution in [2.75, 3.05) is 6.61 Å². The van der Waals surface area contributed by atoms with Gasteiger partial charge >= 0.3 is 11.7 Å². The number of para-hydroxylation sites is 2. The molecule has 0 amide bonds. The molecule has 1 saturated carbocycles. The van der Waals surface area contributed by atoms with Gasteiger partial charge < -0.3 is 14.9 Å². The van der Waals surface area contributed by atoms with Crippen LogP contribution in [0.4, 0.5) is 5.69 Å². The fraction of sp³-hybridized carbons (Fsp3) is 0.500. The van der Waals surface area contributed by atoms with E-state index in [1.54, 1.807) is 6.07 Å². The Morgan fingerprint density at radius 1 is 1.38 bits per heavy atom. The van der Waals surface area contributed by atoms with Gasteiger partial charge in [-0.2, -0.15) is 0 Å². The van der Waals surface area contributed by atoms with Crippen LogP contribution in [0.2, 0.25) is 0 Å². The van der Waals surface area contributed by atoms with E-state index in [2.05, 4.69) is 0 Å². The second-order valence-corrected chi connectivity index (χ2v) is 5.35. The highest BCUT2D eigenvalue weighted by Crippen LogP contribution is 2.34. The minimum atomic E-state index is -1.13. The molecule has 0 bridgehead atoms. The average Bonchev–Trinajstić information content (AvgIpc) is 2.46. The first-order valence-electron chi connectivity index (χ1n) is 6.73. The van der Waals surface area contributed by atoms with Crippen LogP contribution in [-0.4, -0.2) is 33.3 Å². The predicted octanol–water partition coefficient (Wildman–Crippen LogP) is 1.98. The first kappa shape index (κ1) is 15.2. The first-order valence-corrected chi connectivity index (χ1v) is 6.73. The second-order valence-electron chi connectivity index (χ2n) is 5.35. The van der Waals surface area contributed by atoms with Gasteiger partial charge in [0.05, 0.1) is 16.4 Å². The molecule has 1 fully saturated rings. The van der Waals surface area contributed by atoms with Crippen molar-refractivity contribution in [3.8, 4) is 5.75 Å². The number of carboxylic acids is 1. The Hall–Kier alpha value is -2.15. The molecular formula is C14H17NO6. The SMILES string of the molecule is O=C(O)C1CCC(O)(COc2ccccc2[N+](=O)[O-])CC1. The summed E-state index contributed by atoms with van der Waals surface area (Å²) >= 11 is 0. The highest BCUT2D eigenvalue weighted by Gasteiger charge is 2.36. The maximum absolute atomic E-state index is 10.9. The maximum atomic E-state index is 10.9. The fourth-order valence-corrected chi connectivity index (χ4v) is 2.49. The van der Waals surface area contributed by atoms with Crippen molar-refractivity contribution in [3.05, 3.63) is 34.4 Å². The number of nitro groups is 1. The third-order valence-corrected chi connectivity index (χ3v) is 3.82. The highest BCUT2D eigenvalue weighted by atomic mass is 16.6. The van der Waals surface area contributed by atoms with Crippen LogP contribution in [0.25, 0.3) is 0 Å². The maximum Gasteiger partial charge on any atom is 0.310 e. The van der Waals surface area contributed by atoms with Crippen LogP contribution in [0.15, 0.2) is 24.3 Å². The molecule has 0 heterocycles. The van der Waals surface area contributed by atoms with Crippen molar-refractivity contribution in [3.63, 3.8) is 0 Å². The van der Waals surface area contributed by atoms with E-state index in [9.17, 15) is 20.0 Å². The molecule has 1 aliphatic carbocycles. The van der Waals surface area contributed by atoms with E-state index in [-0.39, 0.29) is 18.0 Å².